The van der Waals surface area contributed by atoms with E-state index in [1.54, 1.807) is 26.4 Å². The molecule has 28 heavy (non-hydrogen) atoms. The van der Waals surface area contributed by atoms with Gasteiger partial charge in [-0.2, -0.15) is 0 Å². The van der Waals surface area contributed by atoms with Gasteiger partial charge >= 0.3 is 0 Å². The predicted octanol–water partition coefficient (Wildman–Crippen LogP) is 3.48. The van der Waals surface area contributed by atoms with E-state index in [4.69, 9.17) is 14.2 Å². The van der Waals surface area contributed by atoms with Crippen molar-refractivity contribution in [2.24, 2.45) is 0 Å². The van der Waals surface area contributed by atoms with E-state index in [0.29, 0.717) is 17.0 Å². The van der Waals surface area contributed by atoms with Gasteiger partial charge in [0.05, 0.1) is 32.9 Å². The van der Waals surface area contributed by atoms with E-state index < -0.39 is 0 Å². The lowest BCUT2D eigenvalue weighted by atomic mass is 9.92. The Labute approximate surface area is 163 Å². The van der Waals surface area contributed by atoms with Crippen LogP contribution >= 0.6 is 0 Å². The monoisotopic (exact) mass is 381 g/mol. The normalized spacial score (nSPS) is 16.0. The minimum absolute atomic E-state index is 0.0634. The molecule has 0 saturated heterocycles. The van der Waals surface area contributed by atoms with Crippen LogP contribution in [0.4, 0.5) is 5.82 Å². The number of hydrogen-bond acceptors (Lipinski definition) is 7. The first-order chi connectivity index (χ1) is 13.6. The number of anilines is 1. The number of fused-ring (bicyclic) bond motifs is 2. The lowest BCUT2D eigenvalue weighted by Crippen LogP contribution is -2.34. The highest BCUT2D eigenvalue weighted by molar-refractivity contribution is 5.92. The number of hydrogen-bond donors (Lipinski definition) is 1. The van der Waals surface area contributed by atoms with E-state index in [1.165, 1.54) is 24.6 Å². The largest absolute Gasteiger partial charge is 0.504 e. The molecule has 7 heteroatoms. The second-order valence-electron chi connectivity index (χ2n) is 6.76. The third-order valence-corrected chi connectivity index (χ3v) is 5.37. The molecule has 146 valence electrons. The van der Waals surface area contributed by atoms with Crippen molar-refractivity contribution in [3.8, 4) is 23.0 Å². The van der Waals surface area contributed by atoms with Gasteiger partial charge in [0.25, 0.3) is 0 Å². The smallest absolute Gasteiger partial charge is 0.161 e. The quantitative estimate of drug-likeness (QED) is 0.741. The Balaban J connectivity index is 1.81. The minimum atomic E-state index is 0.0634. The van der Waals surface area contributed by atoms with Crippen molar-refractivity contribution in [3.63, 3.8) is 0 Å². The first-order valence-corrected chi connectivity index (χ1v) is 9.10. The summed E-state index contributed by atoms with van der Waals surface area (Å²) in [5.41, 5.74) is 3.10. The lowest BCUT2D eigenvalue weighted by molar-refractivity contribution is 0.353. The summed E-state index contributed by atoms with van der Waals surface area (Å²) in [5, 5.41) is 10.9. The Morgan fingerprint density at radius 2 is 1.68 bits per heavy atom. The fraction of sp³-hybridized carbons (Fsp3) is 0.333. The van der Waals surface area contributed by atoms with E-state index in [2.05, 4.69) is 27.9 Å². The van der Waals surface area contributed by atoms with Gasteiger partial charge in [-0.15, -0.1) is 0 Å². The molecule has 4 rings (SSSR count). The van der Waals surface area contributed by atoms with Crippen LogP contribution in [0.25, 0.3) is 10.9 Å². The van der Waals surface area contributed by atoms with Gasteiger partial charge in [0.15, 0.2) is 23.0 Å². The summed E-state index contributed by atoms with van der Waals surface area (Å²) in [7, 11) is 4.83. The summed E-state index contributed by atoms with van der Waals surface area (Å²) in [5.74, 6) is 2.74. The molecule has 1 atom stereocenters. The molecule has 0 amide bonds. The fourth-order valence-electron chi connectivity index (χ4n) is 3.88. The summed E-state index contributed by atoms with van der Waals surface area (Å²) in [4.78, 5) is 11.1. The first-order valence-electron chi connectivity index (χ1n) is 9.10. The average molecular weight is 381 g/mol. The number of benzene rings is 2. The summed E-state index contributed by atoms with van der Waals surface area (Å²) in [6, 6.07) is 7.58. The Morgan fingerprint density at radius 3 is 2.39 bits per heavy atom. The SMILES string of the molecule is COc1cc2c(N3CCc4cc(OC)c(OC)cc4C3C)ncnc2cc1O. The lowest BCUT2D eigenvalue weighted by Gasteiger charge is -2.37. The summed E-state index contributed by atoms with van der Waals surface area (Å²) >= 11 is 0. The van der Waals surface area contributed by atoms with Crippen molar-refractivity contribution in [2.75, 3.05) is 32.8 Å². The van der Waals surface area contributed by atoms with Crippen LogP contribution in [0.2, 0.25) is 0 Å². The third kappa shape index (κ3) is 2.83. The molecule has 0 bridgehead atoms. The zero-order valence-electron chi connectivity index (χ0n) is 16.4. The molecule has 0 radical (unpaired) electrons. The molecule has 7 nitrogen and oxygen atoms in total. The van der Waals surface area contributed by atoms with Crippen LogP contribution in [0.5, 0.6) is 23.0 Å². The molecule has 1 aliphatic rings. The van der Waals surface area contributed by atoms with Gasteiger partial charge in [-0.25, -0.2) is 9.97 Å². The highest BCUT2D eigenvalue weighted by Crippen LogP contribution is 2.41. The molecule has 0 spiro atoms. The summed E-state index contributed by atoms with van der Waals surface area (Å²) < 4.78 is 16.2. The predicted molar refractivity (Wildman–Crippen MR) is 107 cm³/mol. The third-order valence-electron chi connectivity index (χ3n) is 5.37. The summed E-state index contributed by atoms with van der Waals surface area (Å²) in [6.07, 6.45) is 2.39. The van der Waals surface area contributed by atoms with Crippen LogP contribution in [0.3, 0.4) is 0 Å². The number of phenolic OH excluding ortho intramolecular Hbond substituents is 1. The van der Waals surface area contributed by atoms with Crippen molar-refractivity contribution in [1.82, 2.24) is 9.97 Å². The molecule has 2 heterocycles. The Kier molecular flexibility index (Phi) is 4.58. The van der Waals surface area contributed by atoms with Gasteiger partial charge in [-0.05, 0) is 42.7 Å². The van der Waals surface area contributed by atoms with E-state index in [1.807, 2.05) is 6.07 Å². The molecule has 1 N–H and O–H groups in total. The number of ether oxygens (including phenoxy) is 3. The number of phenols is 1. The highest BCUT2D eigenvalue weighted by atomic mass is 16.5. The van der Waals surface area contributed by atoms with Crippen molar-refractivity contribution in [2.45, 2.75) is 19.4 Å². The molecule has 1 aliphatic heterocycles. The molecule has 0 fully saturated rings. The zero-order chi connectivity index (χ0) is 19.8. The fourth-order valence-corrected chi connectivity index (χ4v) is 3.88. The molecule has 0 aliphatic carbocycles. The molecule has 1 unspecified atom stereocenters. The van der Waals surface area contributed by atoms with Gasteiger partial charge in [-0.1, -0.05) is 0 Å². The number of methoxy groups -OCH3 is 3. The molecule has 0 saturated carbocycles. The van der Waals surface area contributed by atoms with E-state index in [9.17, 15) is 5.11 Å². The van der Waals surface area contributed by atoms with E-state index in [0.717, 1.165) is 29.9 Å². The minimum Gasteiger partial charge on any atom is -0.504 e. The second kappa shape index (κ2) is 7.07. The number of aromatic hydroxyl groups is 1. The molecular formula is C21H23N3O4. The van der Waals surface area contributed by atoms with Gasteiger partial charge in [0.2, 0.25) is 0 Å². The maximum atomic E-state index is 10.1. The Morgan fingerprint density at radius 1 is 0.964 bits per heavy atom. The molecular weight excluding hydrogens is 358 g/mol. The number of nitrogens with zero attached hydrogens (tertiary/aromatic N) is 3. The Hall–Kier alpha value is -3.22. The molecule has 2 aromatic carbocycles. The van der Waals surface area contributed by atoms with Crippen LogP contribution in [0, 0.1) is 0 Å². The van der Waals surface area contributed by atoms with Crippen molar-refractivity contribution in [1.29, 1.82) is 0 Å². The van der Waals surface area contributed by atoms with E-state index in [-0.39, 0.29) is 11.8 Å². The van der Waals surface area contributed by atoms with Gasteiger partial charge < -0.3 is 24.2 Å². The van der Waals surface area contributed by atoms with Crippen molar-refractivity contribution in [3.05, 3.63) is 41.7 Å². The van der Waals surface area contributed by atoms with Crippen molar-refractivity contribution >= 4 is 16.7 Å². The number of rotatable bonds is 4. The van der Waals surface area contributed by atoms with Crippen LogP contribution in [-0.2, 0) is 6.42 Å². The summed E-state index contributed by atoms with van der Waals surface area (Å²) in [6.45, 7) is 2.95. The van der Waals surface area contributed by atoms with E-state index >= 15 is 0 Å². The van der Waals surface area contributed by atoms with Gasteiger partial charge in [-0.3, -0.25) is 0 Å². The standard InChI is InChI=1S/C21H23N3O4/c1-12-14-8-20(28-4)19(27-3)7-13(14)5-6-24(12)21-15-9-18(26-2)17(25)10-16(15)22-11-23-21/h7-12,25H,5-6H2,1-4H3. The average Bonchev–Trinajstić information content (AvgIpc) is 2.72. The maximum Gasteiger partial charge on any atom is 0.161 e. The van der Waals surface area contributed by atoms with Gasteiger partial charge in [0.1, 0.15) is 12.1 Å². The van der Waals surface area contributed by atoms with Crippen LogP contribution in [0.1, 0.15) is 24.1 Å². The zero-order valence-corrected chi connectivity index (χ0v) is 16.4. The van der Waals surface area contributed by atoms with Crippen LogP contribution in [-0.4, -0.2) is 42.9 Å². The second-order valence-corrected chi connectivity index (χ2v) is 6.76. The van der Waals surface area contributed by atoms with Crippen LogP contribution < -0.4 is 19.1 Å². The maximum absolute atomic E-state index is 10.1. The molecule has 3 aromatic rings. The van der Waals surface area contributed by atoms with Gasteiger partial charge in [0, 0.05) is 18.0 Å². The first kappa shape index (κ1) is 18.2. The Bertz CT molecular complexity index is 1040. The molecule has 1 aromatic heterocycles. The van der Waals surface area contributed by atoms with Crippen molar-refractivity contribution < 1.29 is 19.3 Å². The topological polar surface area (TPSA) is 76.9 Å². The highest BCUT2D eigenvalue weighted by Gasteiger charge is 2.28. The van der Waals surface area contributed by atoms with Crippen LogP contribution in [0.15, 0.2) is 30.6 Å². The number of aromatic nitrogens is 2.